The molecule has 0 aliphatic carbocycles. The van der Waals surface area contributed by atoms with Gasteiger partial charge in [-0.3, -0.25) is 9.59 Å². The molecule has 28 heavy (non-hydrogen) atoms. The third-order valence-corrected chi connectivity index (χ3v) is 4.91. The standard InChI is InChI=1S/C20H26BFN2O4/c1-13(23-15(3)25)10-16(14(2)22)11-24-12-17(8-9-18(24)26)21-27-19(4,5)20(6,7)28-21/h8-10,12H,1-2,11H2,3-7H3,(H,23,25)/b16-10-. The van der Waals surface area contributed by atoms with Crippen molar-refractivity contribution in [3.05, 3.63) is 65.0 Å². The van der Waals surface area contributed by atoms with E-state index in [4.69, 9.17) is 9.31 Å². The Bertz CT molecular complexity index is 886. The highest BCUT2D eigenvalue weighted by Gasteiger charge is 2.51. The van der Waals surface area contributed by atoms with Crippen molar-refractivity contribution in [1.29, 1.82) is 0 Å². The number of carbonyl (C=O) groups excluding carboxylic acids is 1. The van der Waals surface area contributed by atoms with Crippen molar-refractivity contribution >= 4 is 18.5 Å². The molecule has 1 aliphatic heterocycles. The summed E-state index contributed by atoms with van der Waals surface area (Å²) in [5, 5.41) is 2.46. The van der Waals surface area contributed by atoms with Gasteiger partial charge in [0.15, 0.2) is 0 Å². The van der Waals surface area contributed by atoms with Gasteiger partial charge in [-0.15, -0.1) is 0 Å². The first-order valence-corrected chi connectivity index (χ1v) is 8.90. The number of nitrogens with one attached hydrogen (secondary N) is 1. The second kappa shape index (κ2) is 7.89. The summed E-state index contributed by atoms with van der Waals surface area (Å²) in [6.45, 7) is 15.9. The van der Waals surface area contributed by atoms with E-state index in [0.717, 1.165) is 0 Å². The SMILES string of the molecule is C=C(/C=C(/Cn1cc(B2OC(C)(C)C(C)(C)O2)ccc1=O)C(=C)F)NC(C)=O. The first-order valence-electron chi connectivity index (χ1n) is 8.90. The van der Waals surface area contributed by atoms with E-state index in [1.807, 2.05) is 27.7 Å². The predicted octanol–water partition coefficient (Wildman–Crippen LogP) is 2.21. The molecule has 8 heteroatoms. The van der Waals surface area contributed by atoms with Crippen LogP contribution >= 0.6 is 0 Å². The van der Waals surface area contributed by atoms with E-state index in [9.17, 15) is 14.0 Å². The Morgan fingerprint density at radius 1 is 1.25 bits per heavy atom. The van der Waals surface area contributed by atoms with Crippen LogP contribution in [-0.4, -0.2) is 28.8 Å². The molecule has 0 unspecified atom stereocenters. The van der Waals surface area contributed by atoms with Crippen LogP contribution < -0.4 is 16.3 Å². The zero-order valence-electron chi connectivity index (χ0n) is 17.0. The minimum atomic E-state index is -0.723. The third kappa shape index (κ3) is 4.88. The molecule has 1 N–H and O–H groups in total. The van der Waals surface area contributed by atoms with Crippen LogP contribution in [-0.2, 0) is 20.6 Å². The largest absolute Gasteiger partial charge is 0.496 e. The molecule has 0 bridgehead atoms. The second-order valence-electron chi connectivity index (χ2n) is 7.80. The maximum Gasteiger partial charge on any atom is 0.496 e. The van der Waals surface area contributed by atoms with Gasteiger partial charge < -0.3 is 19.2 Å². The van der Waals surface area contributed by atoms with Crippen LogP contribution in [0.5, 0.6) is 0 Å². The predicted molar refractivity (Wildman–Crippen MR) is 108 cm³/mol. The molecule has 1 aliphatic rings. The molecule has 1 saturated heterocycles. The summed E-state index contributed by atoms with van der Waals surface area (Å²) in [5.74, 6) is -1.05. The maximum atomic E-state index is 13.9. The number of allylic oxidation sites excluding steroid dienone is 3. The van der Waals surface area contributed by atoms with Crippen LogP contribution in [0.3, 0.4) is 0 Å². The molecule has 0 aromatic carbocycles. The summed E-state index contributed by atoms with van der Waals surface area (Å²) in [6.07, 6.45) is 2.92. The third-order valence-electron chi connectivity index (χ3n) is 4.91. The van der Waals surface area contributed by atoms with Crippen LogP contribution in [0.25, 0.3) is 0 Å². The normalized spacial score (nSPS) is 18.1. The lowest BCUT2D eigenvalue weighted by Crippen LogP contribution is -2.41. The summed E-state index contributed by atoms with van der Waals surface area (Å²) in [7, 11) is -0.646. The van der Waals surface area contributed by atoms with E-state index in [-0.39, 0.29) is 29.3 Å². The second-order valence-corrected chi connectivity index (χ2v) is 7.80. The zero-order chi connectivity index (χ0) is 21.3. The number of pyridine rings is 1. The number of nitrogens with zero attached hydrogens (tertiary/aromatic N) is 1. The monoisotopic (exact) mass is 388 g/mol. The molecule has 1 fully saturated rings. The van der Waals surface area contributed by atoms with Crippen molar-refractivity contribution in [3.8, 4) is 0 Å². The molecule has 1 amide bonds. The Morgan fingerprint density at radius 2 is 1.82 bits per heavy atom. The lowest BCUT2D eigenvalue weighted by atomic mass is 9.80. The first-order chi connectivity index (χ1) is 12.8. The Balaban J connectivity index is 2.31. The van der Waals surface area contributed by atoms with Crippen LogP contribution in [0.4, 0.5) is 4.39 Å². The van der Waals surface area contributed by atoms with Gasteiger partial charge in [0.2, 0.25) is 5.91 Å². The molecule has 0 saturated carbocycles. The Hall–Kier alpha value is -2.45. The van der Waals surface area contributed by atoms with E-state index in [2.05, 4.69) is 18.5 Å². The molecule has 6 nitrogen and oxygen atoms in total. The number of aromatic nitrogens is 1. The molecular weight excluding hydrogens is 362 g/mol. The molecular formula is C20H26BFN2O4. The van der Waals surface area contributed by atoms with Gasteiger partial charge in [-0.1, -0.05) is 19.2 Å². The van der Waals surface area contributed by atoms with Crippen LogP contribution in [0.15, 0.2) is 59.5 Å². The van der Waals surface area contributed by atoms with Gasteiger partial charge in [0.25, 0.3) is 5.56 Å². The Morgan fingerprint density at radius 3 is 2.32 bits per heavy atom. The van der Waals surface area contributed by atoms with Crippen molar-refractivity contribution in [2.75, 3.05) is 0 Å². The summed E-state index contributed by atoms with van der Waals surface area (Å²) >= 11 is 0. The minimum absolute atomic E-state index is 0.0832. The number of halogens is 1. The maximum absolute atomic E-state index is 13.9. The highest BCUT2D eigenvalue weighted by atomic mass is 19.1. The van der Waals surface area contributed by atoms with Gasteiger partial charge in [0.05, 0.1) is 17.7 Å². The van der Waals surface area contributed by atoms with E-state index in [1.54, 1.807) is 12.3 Å². The molecule has 2 rings (SSSR count). The number of carbonyl (C=O) groups is 1. The van der Waals surface area contributed by atoms with Crippen LogP contribution in [0.2, 0.25) is 0 Å². The van der Waals surface area contributed by atoms with Crippen molar-refractivity contribution in [3.63, 3.8) is 0 Å². The molecule has 0 radical (unpaired) electrons. The Kier molecular flexibility index (Phi) is 6.16. The summed E-state index contributed by atoms with van der Waals surface area (Å²) in [6, 6.07) is 3.01. The first kappa shape index (κ1) is 21.9. The lowest BCUT2D eigenvalue weighted by Gasteiger charge is -2.32. The fourth-order valence-electron chi connectivity index (χ4n) is 2.66. The topological polar surface area (TPSA) is 69.6 Å². The lowest BCUT2D eigenvalue weighted by molar-refractivity contribution is -0.118. The van der Waals surface area contributed by atoms with E-state index >= 15 is 0 Å². The van der Waals surface area contributed by atoms with Gasteiger partial charge in [-0.2, -0.15) is 0 Å². The molecule has 1 aromatic heterocycles. The average Bonchev–Trinajstić information content (AvgIpc) is 2.75. The fraction of sp³-hybridized carbons (Fsp3) is 0.400. The number of amides is 1. The molecule has 0 spiro atoms. The highest BCUT2D eigenvalue weighted by molar-refractivity contribution is 6.62. The van der Waals surface area contributed by atoms with Gasteiger partial charge in [-0.25, -0.2) is 4.39 Å². The van der Waals surface area contributed by atoms with Crippen molar-refractivity contribution < 1.29 is 18.5 Å². The zero-order valence-corrected chi connectivity index (χ0v) is 17.0. The number of hydrogen-bond acceptors (Lipinski definition) is 4. The summed E-state index contributed by atoms with van der Waals surface area (Å²) in [4.78, 5) is 23.4. The van der Waals surface area contributed by atoms with Gasteiger partial charge in [0.1, 0.15) is 5.83 Å². The summed E-state index contributed by atoms with van der Waals surface area (Å²) < 4.78 is 27.2. The molecule has 150 valence electrons. The van der Waals surface area contributed by atoms with Crippen molar-refractivity contribution in [2.45, 2.75) is 52.4 Å². The number of rotatable bonds is 6. The highest BCUT2D eigenvalue weighted by Crippen LogP contribution is 2.36. The van der Waals surface area contributed by atoms with Gasteiger partial charge >= 0.3 is 7.12 Å². The molecule has 0 atom stereocenters. The quantitative estimate of drug-likeness (QED) is 0.599. The minimum Gasteiger partial charge on any atom is -0.399 e. The van der Waals surface area contributed by atoms with E-state index < -0.39 is 24.1 Å². The summed E-state index contributed by atoms with van der Waals surface area (Å²) in [5.41, 5.74) is -0.399. The molecule has 1 aromatic rings. The van der Waals surface area contributed by atoms with Gasteiger partial charge in [0, 0.05) is 30.5 Å². The van der Waals surface area contributed by atoms with Crippen LogP contribution in [0.1, 0.15) is 34.6 Å². The number of hydrogen-bond donors (Lipinski definition) is 1. The smallest absolute Gasteiger partial charge is 0.399 e. The van der Waals surface area contributed by atoms with E-state index in [0.29, 0.717) is 5.46 Å². The molecule has 2 heterocycles. The van der Waals surface area contributed by atoms with Crippen molar-refractivity contribution in [2.24, 2.45) is 0 Å². The fourth-order valence-corrected chi connectivity index (χ4v) is 2.66. The van der Waals surface area contributed by atoms with Crippen molar-refractivity contribution in [1.82, 2.24) is 9.88 Å². The average molecular weight is 388 g/mol. The van der Waals surface area contributed by atoms with Crippen LogP contribution in [0, 0.1) is 0 Å². The van der Waals surface area contributed by atoms with Gasteiger partial charge in [-0.05, 0) is 39.2 Å². The van der Waals surface area contributed by atoms with E-state index in [1.165, 1.54) is 23.6 Å². The Labute approximate surface area is 164 Å².